The number of carbonyl (C=O) groups is 2. The molecule has 12 nitrogen and oxygen atoms in total. The van der Waals surface area contributed by atoms with Gasteiger partial charge in [0.25, 0.3) is 0 Å². The summed E-state index contributed by atoms with van der Waals surface area (Å²) in [6.07, 6.45) is 6.62. The molecule has 0 radical (unpaired) electrons. The summed E-state index contributed by atoms with van der Waals surface area (Å²) in [7, 11) is -1.55. The van der Waals surface area contributed by atoms with Crippen LogP contribution in [-0.4, -0.2) is 101 Å². The van der Waals surface area contributed by atoms with Crippen molar-refractivity contribution >= 4 is 27.9 Å². The van der Waals surface area contributed by atoms with E-state index in [1.807, 2.05) is 15.9 Å². The van der Waals surface area contributed by atoms with Crippen LogP contribution in [0.4, 0.5) is 0 Å². The van der Waals surface area contributed by atoms with Gasteiger partial charge in [0, 0.05) is 51.3 Å². The van der Waals surface area contributed by atoms with E-state index in [0.29, 0.717) is 74.5 Å². The number of aromatic amines is 1. The summed E-state index contributed by atoms with van der Waals surface area (Å²) in [4.78, 5) is 41.6. The topological polar surface area (TPSA) is 165 Å². The summed E-state index contributed by atoms with van der Waals surface area (Å²) in [5.41, 5.74) is 7.60. The number of benzene rings is 1. The molecule has 4 heterocycles. The van der Waals surface area contributed by atoms with Crippen molar-refractivity contribution in [1.29, 1.82) is 0 Å². The number of imidazole rings is 1. The summed E-state index contributed by atoms with van der Waals surface area (Å²) in [6, 6.07) is 6.45. The predicted molar refractivity (Wildman–Crippen MR) is 155 cm³/mol. The Bertz CT molecular complexity index is 1410. The zero-order valence-corrected chi connectivity index (χ0v) is 24.4. The van der Waals surface area contributed by atoms with Gasteiger partial charge in [-0.2, -0.15) is 0 Å². The number of aromatic carboxylic acids is 1. The summed E-state index contributed by atoms with van der Waals surface area (Å²) in [5.74, 6) is 0.724. The number of carboxylic acid groups (broad SMARTS) is 1. The van der Waals surface area contributed by atoms with E-state index in [-0.39, 0.29) is 29.3 Å². The molecule has 3 aliphatic rings. The number of carboxylic acids is 1. The van der Waals surface area contributed by atoms with Crippen LogP contribution in [0.1, 0.15) is 54.3 Å². The second-order valence-corrected chi connectivity index (χ2v) is 13.4. The highest BCUT2D eigenvalue weighted by atomic mass is 32.2. The quantitative estimate of drug-likeness (QED) is 0.342. The number of nitrogens with two attached hydrogens (primary N) is 1. The SMILES string of the molecule is CN=C(N)N1CCC(C(=O)N2CC(C3CCN(S(C)(=O)=O)CC3)CC2c2ncc(-c3cccc(C(=O)O)c3)[nH]2)CC1. The number of amides is 1. The molecule has 3 saturated heterocycles. The molecule has 2 unspecified atom stereocenters. The molecule has 2 aromatic rings. The van der Waals surface area contributed by atoms with E-state index in [9.17, 15) is 23.1 Å². The van der Waals surface area contributed by atoms with Gasteiger partial charge in [0.05, 0.1) is 29.8 Å². The van der Waals surface area contributed by atoms with Crippen molar-refractivity contribution in [2.24, 2.45) is 28.5 Å². The largest absolute Gasteiger partial charge is 0.478 e. The van der Waals surface area contributed by atoms with Crippen molar-refractivity contribution in [3.63, 3.8) is 0 Å². The van der Waals surface area contributed by atoms with E-state index in [1.54, 1.807) is 35.7 Å². The molecule has 0 saturated carbocycles. The molecule has 2 atom stereocenters. The Morgan fingerprint density at radius 1 is 1.10 bits per heavy atom. The summed E-state index contributed by atoms with van der Waals surface area (Å²) < 4.78 is 25.6. The molecular weight excluding hydrogens is 546 g/mol. The second-order valence-electron chi connectivity index (χ2n) is 11.4. The van der Waals surface area contributed by atoms with Crippen LogP contribution in [0.2, 0.25) is 0 Å². The molecule has 1 aromatic heterocycles. The first-order chi connectivity index (χ1) is 19.5. The molecule has 222 valence electrons. The maximum atomic E-state index is 14.0. The molecule has 0 aliphatic carbocycles. The number of aromatic nitrogens is 2. The Morgan fingerprint density at radius 3 is 2.44 bits per heavy atom. The van der Waals surface area contributed by atoms with Gasteiger partial charge in [-0.05, 0) is 56.1 Å². The van der Waals surface area contributed by atoms with Gasteiger partial charge < -0.3 is 25.6 Å². The number of sulfonamides is 1. The predicted octanol–water partition coefficient (Wildman–Crippen LogP) is 1.99. The van der Waals surface area contributed by atoms with Gasteiger partial charge in [-0.1, -0.05) is 12.1 Å². The van der Waals surface area contributed by atoms with Gasteiger partial charge in [-0.3, -0.25) is 9.79 Å². The minimum Gasteiger partial charge on any atom is -0.478 e. The lowest BCUT2D eigenvalue weighted by Crippen LogP contribution is -2.47. The van der Waals surface area contributed by atoms with E-state index in [4.69, 9.17) is 5.73 Å². The maximum absolute atomic E-state index is 14.0. The minimum atomic E-state index is -3.21. The normalized spacial score (nSPS) is 23.7. The second kappa shape index (κ2) is 11.8. The third-order valence-corrected chi connectivity index (χ3v) is 10.3. The standard InChI is InChI=1S/C28H39N7O5S/c1-30-28(29)33-10-6-19(7-11-33)26(36)35-17-22(18-8-12-34(13-9-18)41(2,39)40)15-24(35)25-31-16-23(32-25)20-4-3-5-21(14-20)27(37)38/h3-5,14,16,18-19,22,24H,6-13,15,17H2,1-2H3,(H2,29,30)(H,31,32)(H,37,38). The van der Waals surface area contributed by atoms with E-state index in [2.05, 4.69) is 15.0 Å². The average Bonchev–Trinajstić information content (AvgIpc) is 3.64. The van der Waals surface area contributed by atoms with Crippen LogP contribution in [0.25, 0.3) is 11.3 Å². The lowest BCUT2D eigenvalue weighted by molar-refractivity contribution is -0.138. The van der Waals surface area contributed by atoms with Gasteiger partial charge in [0.1, 0.15) is 5.82 Å². The fourth-order valence-electron chi connectivity index (χ4n) is 6.60. The fourth-order valence-corrected chi connectivity index (χ4v) is 7.47. The van der Waals surface area contributed by atoms with E-state index in [0.717, 1.165) is 19.3 Å². The molecule has 13 heteroatoms. The van der Waals surface area contributed by atoms with Crippen molar-refractivity contribution in [2.45, 2.75) is 38.1 Å². The number of piperidine rings is 2. The maximum Gasteiger partial charge on any atom is 0.335 e. The molecule has 3 aliphatic heterocycles. The molecule has 3 fully saturated rings. The number of hydrogen-bond donors (Lipinski definition) is 3. The minimum absolute atomic E-state index is 0.114. The van der Waals surface area contributed by atoms with E-state index in [1.165, 1.54) is 6.26 Å². The van der Waals surface area contributed by atoms with Crippen LogP contribution in [0, 0.1) is 17.8 Å². The smallest absolute Gasteiger partial charge is 0.335 e. The number of nitrogens with one attached hydrogen (secondary N) is 1. The number of guanidine groups is 1. The van der Waals surface area contributed by atoms with Gasteiger partial charge in [0.15, 0.2) is 5.96 Å². The third kappa shape index (κ3) is 6.25. The molecule has 0 bridgehead atoms. The van der Waals surface area contributed by atoms with Crippen LogP contribution in [-0.2, 0) is 14.8 Å². The Hall–Kier alpha value is -3.45. The number of H-pyrrole nitrogens is 1. The third-order valence-electron chi connectivity index (χ3n) is 8.98. The van der Waals surface area contributed by atoms with Gasteiger partial charge in [-0.15, -0.1) is 0 Å². The number of carbonyl (C=O) groups excluding carboxylic acids is 1. The Labute approximate surface area is 240 Å². The number of hydrogen-bond acceptors (Lipinski definition) is 6. The van der Waals surface area contributed by atoms with Crippen LogP contribution in [0.15, 0.2) is 35.5 Å². The van der Waals surface area contributed by atoms with Crippen molar-refractivity contribution in [3.05, 3.63) is 41.9 Å². The van der Waals surface area contributed by atoms with Crippen LogP contribution >= 0.6 is 0 Å². The first-order valence-corrected chi connectivity index (χ1v) is 16.0. The monoisotopic (exact) mass is 585 g/mol. The average molecular weight is 586 g/mol. The number of nitrogens with zero attached hydrogens (tertiary/aromatic N) is 5. The molecule has 1 amide bonds. The number of likely N-dealkylation sites (tertiary alicyclic amines) is 2. The highest BCUT2D eigenvalue weighted by Crippen LogP contribution is 2.42. The Kier molecular flexibility index (Phi) is 8.37. The number of rotatable bonds is 6. The lowest BCUT2D eigenvalue weighted by atomic mass is 9.83. The zero-order chi connectivity index (χ0) is 29.3. The van der Waals surface area contributed by atoms with Gasteiger partial charge in [-0.25, -0.2) is 22.5 Å². The van der Waals surface area contributed by atoms with E-state index >= 15 is 0 Å². The van der Waals surface area contributed by atoms with Crippen molar-refractivity contribution in [1.82, 2.24) is 24.1 Å². The first-order valence-electron chi connectivity index (χ1n) is 14.2. The molecule has 4 N–H and O–H groups in total. The van der Waals surface area contributed by atoms with Crippen molar-refractivity contribution < 1.29 is 23.1 Å². The molecule has 0 spiro atoms. The summed E-state index contributed by atoms with van der Waals surface area (Å²) in [6.45, 7) is 2.97. The van der Waals surface area contributed by atoms with Gasteiger partial charge >= 0.3 is 5.97 Å². The van der Waals surface area contributed by atoms with E-state index < -0.39 is 16.0 Å². The summed E-state index contributed by atoms with van der Waals surface area (Å²) in [5, 5.41) is 9.41. The molecular formula is C28H39N7O5S. The van der Waals surface area contributed by atoms with Crippen LogP contribution < -0.4 is 5.73 Å². The molecule has 5 rings (SSSR count). The Balaban J connectivity index is 1.36. The summed E-state index contributed by atoms with van der Waals surface area (Å²) >= 11 is 0. The van der Waals surface area contributed by atoms with Gasteiger partial charge in [0.2, 0.25) is 15.9 Å². The highest BCUT2D eigenvalue weighted by Gasteiger charge is 2.44. The number of aliphatic imine (C=N–C) groups is 1. The van der Waals surface area contributed by atoms with Crippen LogP contribution in [0.5, 0.6) is 0 Å². The lowest BCUT2D eigenvalue weighted by Gasteiger charge is -2.35. The highest BCUT2D eigenvalue weighted by molar-refractivity contribution is 7.88. The molecule has 1 aromatic carbocycles. The van der Waals surface area contributed by atoms with Crippen LogP contribution in [0.3, 0.4) is 0 Å². The Morgan fingerprint density at radius 2 is 1.80 bits per heavy atom. The molecule has 41 heavy (non-hydrogen) atoms. The fraction of sp³-hybridized carbons (Fsp3) is 0.571. The van der Waals surface area contributed by atoms with Crippen molar-refractivity contribution in [3.8, 4) is 11.3 Å². The first kappa shape index (κ1) is 29.1. The zero-order valence-electron chi connectivity index (χ0n) is 23.6. The van der Waals surface area contributed by atoms with Crippen molar-refractivity contribution in [2.75, 3.05) is 46.0 Å².